The maximum absolute atomic E-state index is 13.3. The van der Waals surface area contributed by atoms with Gasteiger partial charge in [-0.25, -0.2) is 14.4 Å². The number of likely N-dealkylation sites (N-methyl/N-ethyl adjacent to an activating group) is 1. The van der Waals surface area contributed by atoms with Gasteiger partial charge in [-0.3, -0.25) is 14.5 Å². The number of carbonyl (C=O) groups is 2. The number of piperidine rings is 1. The summed E-state index contributed by atoms with van der Waals surface area (Å²) in [6.07, 6.45) is 6.27. The monoisotopic (exact) mass is 439 g/mol. The Balaban J connectivity index is 1.49. The number of amides is 2. The molecule has 1 saturated heterocycles. The van der Waals surface area contributed by atoms with Gasteiger partial charge in [-0.2, -0.15) is 0 Å². The molecule has 2 fully saturated rings. The van der Waals surface area contributed by atoms with E-state index < -0.39 is 0 Å². The molecular formula is C24H30FN5O2. The third-order valence-corrected chi connectivity index (χ3v) is 6.01. The van der Waals surface area contributed by atoms with Crippen LogP contribution in [-0.2, 0) is 11.3 Å². The average Bonchev–Trinajstić information content (AvgIpc) is 3.59. The van der Waals surface area contributed by atoms with E-state index in [1.807, 2.05) is 16.8 Å². The Hall–Kier alpha value is -2.87. The number of likely N-dealkylation sites (tertiary alicyclic amines) is 1. The number of aryl methyl sites for hydroxylation is 1. The van der Waals surface area contributed by atoms with Crippen LogP contribution in [0.1, 0.15) is 65.6 Å². The lowest BCUT2D eigenvalue weighted by Gasteiger charge is -2.37. The van der Waals surface area contributed by atoms with Gasteiger partial charge in [0.1, 0.15) is 11.6 Å². The number of hydrogen-bond donors (Lipinski definition) is 1. The first-order chi connectivity index (χ1) is 15.4. The van der Waals surface area contributed by atoms with Gasteiger partial charge < -0.3 is 10.2 Å². The van der Waals surface area contributed by atoms with Crippen LogP contribution in [-0.4, -0.2) is 57.8 Å². The van der Waals surface area contributed by atoms with Crippen molar-refractivity contribution < 1.29 is 14.0 Å². The van der Waals surface area contributed by atoms with Crippen LogP contribution in [0.5, 0.6) is 0 Å². The second-order valence-corrected chi connectivity index (χ2v) is 8.86. The Morgan fingerprint density at radius 2 is 1.94 bits per heavy atom. The zero-order valence-corrected chi connectivity index (χ0v) is 18.7. The van der Waals surface area contributed by atoms with Crippen LogP contribution in [0.15, 0.2) is 30.5 Å². The molecule has 7 nitrogen and oxygen atoms in total. The highest BCUT2D eigenvalue weighted by Gasteiger charge is 2.33. The van der Waals surface area contributed by atoms with E-state index in [0.717, 1.165) is 37.7 Å². The van der Waals surface area contributed by atoms with E-state index in [1.165, 1.54) is 12.1 Å². The van der Waals surface area contributed by atoms with Crippen molar-refractivity contribution in [1.82, 2.24) is 25.1 Å². The summed E-state index contributed by atoms with van der Waals surface area (Å²) in [6, 6.07) is 6.32. The molecule has 2 aliphatic rings. The van der Waals surface area contributed by atoms with Crippen LogP contribution in [0.4, 0.5) is 4.39 Å². The summed E-state index contributed by atoms with van der Waals surface area (Å²) in [7, 11) is 1.88. The van der Waals surface area contributed by atoms with Gasteiger partial charge >= 0.3 is 0 Å². The van der Waals surface area contributed by atoms with Crippen molar-refractivity contribution in [3.8, 4) is 0 Å². The van der Waals surface area contributed by atoms with Gasteiger partial charge in [0.25, 0.3) is 5.91 Å². The number of rotatable bonds is 7. The summed E-state index contributed by atoms with van der Waals surface area (Å²) in [5.74, 6) is 0.165. The Labute approximate surface area is 188 Å². The lowest BCUT2D eigenvalue weighted by Crippen LogP contribution is -2.44. The normalized spacial score (nSPS) is 18.6. The minimum atomic E-state index is -0.273. The molecule has 1 saturated carbocycles. The maximum Gasteiger partial charge on any atom is 0.255 e. The highest BCUT2D eigenvalue weighted by molar-refractivity contribution is 5.95. The lowest BCUT2D eigenvalue weighted by molar-refractivity contribution is -0.136. The van der Waals surface area contributed by atoms with Crippen molar-refractivity contribution in [1.29, 1.82) is 0 Å². The first-order valence-corrected chi connectivity index (χ1v) is 11.3. The maximum atomic E-state index is 13.3. The first kappa shape index (κ1) is 22.3. The predicted octanol–water partition coefficient (Wildman–Crippen LogP) is 3.00. The van der Waals surface area contributed by atoms with Crippen molar-refractivity contribution in [3.63, 3.8) is 0 Å². The third-order valence-electron chi connectivity index (χ3n) is 6.01. The van der Waals surface area contributed by atoms with Gasteiger partial charge in [0.05, 0.1) is 23.8 Å². The van der Waals surface area contributed by atoms with Crippen LogP contribution >= 0.6 is 0 Å². The average molecular weight is 440 g/mol. The van der Waals surface area contributed by atoms with Crippen molar-refractivity contribution in [3.05, 3.63) is 58.9 Å². The number of nitrogens with zero attached hydrogens (tertiary/aromatic N) is 4. The fraction of sp³-hybridized carbons (Fsp3) is 0.500. The molecule has 1 aliphatic heterocycles. The smallest absolute Gasteiger partial charge is 0.255 e. The summed E-state index contributed by atoms with van der Waals surface area (Å²) in [5.41, 5.74) is 2.05. The van der Waals surface area contributed by atoms with Crippen LogP contribution in [0.25, 0.3) is 0 Å². The molecule has 170 valence electrons. The molecule has 4 rings (SSSR count). The standard InChI is InChI=1S/C24H30FN5O2/c1-16-26-13-20(24(32)28-19-10-11-19)23(27-16)21-5-3-4-12-30(21)22(31)15-29(2)14-17-6-8-18(25)9-7-17/h6-9,13,19,21H,3-5,10-12,14-15H2,1-2H3,(H,28,32)/t21-/m0/s1. The molecule has 1 aromatic carbocycles. The molecule has 1 aliphatic carbocycles. The summed E-state index contributed by atoms with van der Waals surface area (Å²) in [5, 5.41) is 3.02. The molecule has 2 amide bonds. The number of benzene rings is 1. The Kier molecular flexibility index (Phi) is 6.79. The zero-order chi connectivity index (χ0) is 22.7. The Bertz CT molecular complexity index is 977. The molecule has 2 heterocycles. The SMILES string of the molecule is Cc1ncc(C(=O)NC2CC2)c([C@@H]2CCCCN2C(=O)CN(C)Cc2ccc(F)cc2)n1. The minimum absolute atomic E-state index is 0.00382. The predicted molar refractivity (Wildman–Crippen MR) is 118 cm³/mol. The quantitative estimate of drug-likeness (QED) is 0.718. The lowest BCUT2D eigenvalue weighted by atomic mass is 9.96. The van der Waals surface area contributed by atoms with E-state index in [4.69, 9.17) is 0 Å². The Morgan fingerprint density at radius 3 is 2.66 bits per heavy atom. The second-order valence-electron chi connectivity index (χ2n) is 8.86. The van der Waals surface area contributed by atoms with Gasteiger partial charge in [-0.1, -0.05) is 12.1 Å². The molecule has 0 unspecified atom stereocenters. The summed E-state index contributed by atoms with van der Waals surface area (Å²) in [4.78, 5) is 38.7. The van der Waals surface area contributed by atoms with Crippen LogP contribution < -0.4 is 5.32 Å². The van der Waals surface area contributed by atoms with Crippen LogP contribution in [0.2, 0.25) is 0 Å². The van der Waals surface area contributed by atoms with Crippen molar-refractivity contribution >= 4 is 11.8 Å². The topological polar surface area (TPSA) is 78.4 Å². The molecule has 1 atom stereocenters. The molecule has 1 N–H and O–H groups in total. The van der Waals surface area contributed by atoms with E-state index in [0.29, 0.717) is 30.2 Å². The van der Waals surface area contributed by atoms with Gasteiger partial charge in [0, 0.05) is 25.3 Å². The van der Waals surface area contributed by atoms with E-state index in [2.05, 4.69) is 15.3 Å². The number of carbonyl (C=O) groups excluding carboxylic acids is 2. The van der Waals surface area contributed by atoms with Gasteiger partial charge in [-0.15, -0.1) is 0 Å². The molecule has 2 aromatic rings. The summed E-state index contributed by atoms with van der Waals surface area (Å²) in [6.45, 7) is 3.23. The van der Waals surface area contributed by atoms with E-state index in [-0.39, 0.29) is 36.3 Å². The fourth-order valence-electron chi connectivity index (χ4n) is 4.20. The Morgan fingerprint density at radius 1 is 1.19 bits per heavy atom. The molecule has 0 radical (unpaired) electrons. The number of halogens is 1. The first-order valence-electron chi connectivity index (χ1n) is 11.3. The zero-order valence-electron chi connectivity index (χ0n) is 18.7. The molecule has 32 heavy (non-hydrogen) atoms. The molecule has 0 spiro atoms. The van der Waals surface area contributed by atoms with Gasteiger partial charge in [0.2, 0.25) is 5.91 Å². The second kappa shape index (κ2) is 9.73. The third kappa shape index (κ3) is 5.48. The number of nitrogens with one attached hydrogen (secondary N) is 1. The fourth-order valence-corrected chi connectivity index (χ4v) is 4.20. The van der Waals surface area contributed by atoms with Crippen molar-refractivity contribution in [2.24, 2.45) is 0 Å². The van der Waals surface area contributed by atoms with E-state index in [1.54, 1.807) is 25.3 Å². The van der Waals surface area contributed by atoms with Crippen LogP contribution in [0, 0.1) is 12.7 Å². The highest BCUT2D eigenvalue weighted by Crippen LogP contribution is 2.32. The largest absolute Gasteiger partial charge is 0.349 e. The molecule has 1 aromatic heterocycles. The van der Waals surface area contributed by atoms with E-state index in [9.17, 15) is 14.0 Å². The summed E-state index contributed by atoms with van der Waals surface area (Å²) < 4.78 is 13.2. The van der Waals surface area contributed by atoms with Gasteiger partial charge in [0.15, 0.2) is 0 Å². The van der Waals surface area contributed by atoms with Gasteiger partial charge in [-0.05, 0) is 63.8 Å². The number of aromatic nitrogens is 2. The highest BCUT2D eigenvalue weighted by atomic mass is 19.1. The molecule has 0 bridgehead atoms. The summed E-state index contributed by atoms with van der Waals surface area (Å²) >= 11 is 0. The number of hydrogen-bond acceptors (Lipinski definition) is 5. The van der Waals surface area contributed by atoms with E-state index >= 15 is 0 Å². The van der Waals surface area contributed by atoms with Crippen molar-refractivity contribution in [2.75, 3.05) is 20.1 Å². The van der Waals surface area contributed by atoms with Crippen molar-refractivity contribution in [2.45, 2.75) is 57.7 Å². The van der Waals surface area contributed by atoms with Crippen LogP contribution in [0.3, 0.4) is 0 Å². The molecule has 8 heteroatoms. The minimum Gasteiger partial charge on any atom is -0.349 e. The molecular weight excluding hydrogens is 409 g/mol.